The van der Waals surface area contributed by atoms with Gasteiger partial charge in [-0.1, -0.05) is 0 Å². The van der Waals surface area contributed by atoms with Gasteiger partial charge in [0.1, 0.15) is 11.3 Å². The summed E-state index contributed by atoms with van der Waals surface area (Å²) in [5, 5.41) is 18.0. The lowest BCUT2D eigenvalue weighted by molar-refractivity contribution is 0.0635. The molecular weight excluding hydrogens is 248 g/mol. The third-order valence-electron chi connectivity index (χ3n) is 1.92. The number of nitrogens with one attached hydrogen (secondary N) is 1. The first-order chi connectivity index (χ1) is 8.94. The Morgan fingerprint density at radius 1 is 1.32 bits per heavy atom. The predicted octanol–water partition coefficient (Wildman–Crippen LogP) is 1.40. The number of aromatic nitrogens is 5. The number of hydrogen-bond donors (Lipinski definition) is 1. The second kappa shape index (κ2) is 5.01. The van der Waals surface area contributed by atoms with Gasteiger partial charge in [0.2, 0.25) is 0 Å². The Hall–Kier alpha value is -2.51. The van der Waals surface area contributed by atoms with Gasteiger partial charge in [-0.25, -0.2) is 4.79 Å². The average Bonchev–Trinajstić information content (AvgIpc) is 2.76. The van der Waals surface area contributed by atoms with E-state index in [1.54, 1.807) is 26.8 Å². The molecule has 0 aliphatic carbocycles. The highest BCUT2D eigenvalue weighted by Crippen LogP contribution is 2.10. The van der Waals surface area contributed by atoms with E-state index >= 15 is 0 Å². The Morgan fingerprint density at radius 2 is 2.11 bits per heavy atom. The molecule has 0 saturated heterocycles. The molecule has 8 nitrogen and oxygen atoms in total. The maximum atomic E-state index is 11.5. The molecule has 2 rings (SSSR count). The average molecular weight is 262 g/mol. The first kappa shape index (κ1) is 12.9. The van der Waals surface area contributed by atoms with Crippen LogP contribution in [0.25, 0.3) is 5.69 Å². The molecule has 2 aromatic heterocycles. The smallest absolute Gasteiger partial charge is 0.413 e. The lowest BCUT2D eigenvalue weighted by atomic mass is 10.2. The number of amides is 1. The molecule has 2 heterocycles. The Bertz CT molecular complexity index is 560. The van der Waals surface area contributed by atoms with Crippen molar-refractivity contribution in [3.8, 4) is 5.69 Å². The van der Waals surface area contributed by atoms with E-state index in [1.807, 2.05) is 0 Å². The molecule has 1 N–H and O–H groups in total. The van der Waals surface area contributed by atoms with Gasteiger partial charge >= 0.3 is 6.09 Å². The molecule has 8 heteroatoms. The maximum absolute atomic E-state index is 11.5. The quantitative estimate of drug-likeness (QED) is 0.879. The normalized spacial score (nSPS) is 11.1. The Labute approximate surface area is 109 Å². The monoisotopic (exact) mass is 262 g/mol. The summed E-state index contributed by atoms with van der Waals surface area (Å²) in [5.74, 6) is 0.297. The van der Waals surface area contributed by atoms with E-state index in [-0.39, 0.29) is 0 Å². The summed E-state index contributed by atoms with van der Waals surface area (Å²) >= 11 is 0. The van der Waals surface area contributed by atoms with Crippen molar-refractivity contribution in [2.75, 3.05) is 5.32 Å². The second-order valence-corrected chi connectivity index (χ2v) is 4.75. The molecular formula is C11H14N6O2. The van der Waals surface area contributed by atoms with Crippen LogP contribution in [0.1, 0.15) is 20.8 Å². The SMILES string of the molecule is CC(C)(C)OC(=O)Nc1cnn(-c2ccnnc2)n1. The molecule has 0 fully saturated rings. The van der Waals surface area contributed by atoms with Crippen LogP contribution in [0.15, 0.2) is 24.7 Å². The standard InChI is InChI=1S/C11H14N6O2/c1-11(2,3)19-10(18)15-9-7-14-17(16-9)8-4-5-12-13-6-8/h4-7H,1-3H3,(H,15,16,18). The van der Waals surface area contributed by atoms with E-state index in [2.05, 4.69) is 25.7 Å². The molecule has 0 bridgehead atoms. The lowest BCUT2D eigenvalue weighted by Crippen LogP contribution is -2.27. The van der Waals surface area contributed by atoms with Crippen molar-refractivity contribution in [1.82, 2.24) is 25.2 Å². The topological polar surface area (TPSA) is 94.8 Å². The highest BCUT2D eigenvalue weighted by molar-refractivity contribution is 5.83. The highest BCUT2D eigenvalue weighted by atomic mass is 16.6. The van der Waals surface area contributed by atoms with E-state index in [0.29, 0.717) is 11.5 Å². The fourth-order valence-electron chi connectivity index (χ4n) is 1.25. The molecule has 0 aliphatic rings. The van der Waals surface area contributed by atoms with Crippen LogP contribution in [0.5, 0.6) is 0 Å². The van der Waals surface area contributed by atoms with Gasteiger partial charge in [0, 0.05) is 0 Å². The van der Waals surface area contributed by atoms with Crippen LogP contribution in [-0.2, 0) is 4.74 Å². The summed E-state index contributed by atoms with van der Waals surface area (Å²) in [6.07, 6.45) is 3.88. The van der Waals surface area contributed by atoms with Gasteiger partial charge in [-0.2, -0.15) is 15.3 Å². The zero-order valence-electron chi connectivity index (χ0n) is 10.9. The van der Waals surface area contributed by atoms with Crippen LogP contribution in [0, 0.1) is 0 Å². The number of rotatable bonds is 2. The van der Waals surface area contributed by atoms with Gasteiger partial charge in [0.25, 0.3) is 0 Å². The summed E-state index contributed by atoms with van der Waals surface area (Å²) in [6.45, 7) is 5.35. The van der Waals surface area contributed by atoms with E-state index < -0.39 is 11.7 Å². The van der Waals surface area contributed by atoms with Crippen LogP contribution in [0.3, 0.4) is 0 Å². The molecule has 0 saturated carbocycles. The van der Waals surface area contributed by atoms with Gasteiger partial charge in [0.05, 0.1) is 18.6 Å². The highest BCUT2D eigenvalue weighted by Gasteiger charge is 2.17. The Kier molecular flexibility index (Phi) is 3.41. The van der Waals surface area contributed by atoms with Crippen molar-refractivity contribution in [2.24, 2.45) is 0 Å². The molecule has 2 aromatic rings. The summed E-state index contributed by atoms with van der Waals surface area (Å²) in [5.41, 5.74) is 0.0852. The van der Waals surface area contributed by atoms with Gasteiger partial charge < -0.3 is 4.74 Å². The summed E-state index contributed by atoms with van der Waals surface area (Å²) in [7, 11) is 0. The third-order valence-corrected chi connectivity index (χ3v) is 1.92. The minimum atomic E-state index is -0.576. The van der Waals surface area contributed by atoms with Crippen molar-refractivity contribution in [3.05, 3.63) is 24.7 Å². The number of hydrogen-bond acceptors (Lipinski definition) is 6. The maximum Gasteiger partial charge on any atom is 0.413 e. The van der Waals surface area contributed by atoms with E-state index in [0.717, 1.165) is 0 Å². The van der Waals surface area contributed by atoms with Crippen molar-refractivity contribution < 1.29 is 9.53 Å². The first-order valence-corrected chi connectivity index (χ1v) is 5.63. The number of carbonyl (C=O) groups excluding carboxylic acids is 1. The molecule has 100 valence electrons. The molecule has 0 atom stereocenters. The van der Waals surface area contributed by atoms with Crippen molar-refractivity contribution in [2.45, 2.75) is 26.4 Å². The summed E-state index contributed by atoms with van der Waals surface area (Å²) in [4.78, 5) is 12.9. The molecule has 0 aromatic carbocycles. The van der Waals surface area contributed by atoms with E-state index in [4.69, 9.17) is 4.74 Å². The fourth-order valence-corrected chi connectivity index (χ4v) is 1.25. The van der Waals surface area contributed by atoms with Crippen LogP contribution in [-0.4, -0.2) is 36.9 Å². The van der Waals surface area contributed by atoms with Crippen LogP contribution in [0.4, 0.5) is 10.6 Å². The third kappa shape index (κ3) is 3.73. The Balaban J connectivity index is 2.04. The van der Waals surface area contributed by atoms with Crippen molar-refractivity contribution >= 4 is 11.9 Å². The van der Waals surface area contributed by atoms with Crippen LogP contribution >= 0.6 is 0 Å². The summed E-state index contributed by atoms with van der Waals surface area (Å²) < 4.78 is 5.11. The minimum Gasteiger partial charge on any atom is -0.444 e. The number of carbonyl (C=O) groups is 1. The number of ether oxygens (including phenoxy) is 1. The van der Waals surface area contributed by atoms with E-state index in [1.165, 1.54) is 23.4 Å². The molecule has 19 heavy (non-hydrogen) atoms. The van der Waals surface area contributed by atoms with Crippen molar-refractivity contribution in [1.29, 1.82) is 0 Å². The van der Waals surface area contributed by atoms with Crippen LogP contribution in [0.2, 0.25) is 0 Å². The first-order valence-electron chi connectivity index (χ1n) is 5.63. The Morgan fingerprint density at radius 3 is 2.74 bits per heavy atom. The predicted molar refractivity (Wildman–Crippen MR) is 66.8 cm³/mol. The molecule has 0 spiro atoms. The van der Waals surface area contributed by atoms with Gasteiger partial charge in [-0.15, -0.1) is 9.90 Å². The van der Waals surface area contributed by atoms with E-state index in [9.17, 15) is 4.79 Å². The van der Waals surface area contributed by atoms with Crippen molar-refractivity contribution in [3.63, 3.8) is 0 Å². The van der Waals surface area contributed by atoms with Gasteiger partial charge in [0.15, 0.2) is 5.82 Å². The molecule has 0 aliphatic heterocycles. The summed E-state index contributed by atoms with van der Waals surface area (Å²) in [6, 6.07) is 1.70. The molecule has 0 radical (unpaired) electrons. The zero-order chi connectivity index (χ0) is 13.9. The largest absolute Gasteiger partial charge is 0.444 e. The zero-order valence-corrected chi connectivity index (χ0v) is 10.9. The fraction of sp³-hybridized carbons (Fsp3) is 0.364. The number of nitrogens with zero attached hydrogens (tertiary/aromatic N) is 5. The second-order valence-electron chi connectivity index (χ2n) is 4.75. The van der Waals surface area contributed by atoms with Gasteiger partial charge in [-0.3, -0.25) is 5.32 Å². The minimum absolute atomic E-state index is 0.297. The number of anilines is 1. The van der Waals surface area contributed by atoms with Crippen LogP contribution < -0.4 is 5.32 Å². The van der Waals surface area contributed by atoms with Gasteiger partial charge in [-0.05, 0) is 26.8 Å². The molecule has 1 amide bonds. The lowest BCUT2D eigenvalue weighted by Gasteiger charge is -2.18. The molecule has 0 unspecified atom stereocenters.